The average molecular weight is 226 g/mol. The highest BCUT2D eigenvalue weighted by Gasteiger charge is 2.09. The minimum atomic E-state index is -0.0498. The number of rotatable bonds is 5. The highest BCUT2D eigenvalue weighted by molar-refractivity contribution is 7.12. The van der Waals surface area contributed by atoms with Crippen molar-refractivity contribution in [3.05, 3.63) is 16.3 Å². The first-order chi connectivity index (χ1) is 7.11. The summed E-state index contributed by atoms with van der Waals surface area (Å²) in [5, 5.41) is 4.70. The summed E-state index contributed by atoms with van der Waals surface area (Å²) in [4.78, 5) is 12.2. The number of anilines is 1. The highest BCUT2D eigenvalue weighted by atomic mass is 32.1. The van der Waals surface area contributed by atoms with E-state index in [0.29, 0.717) is 16.5 Å². The normalized spacial score (nSPS) is 10.6. The van der Waals surface area contributed by atoms with Crippen molar-refractivity contribution in [1.29, 1.82) is 0 Å². The van der Waals surface area contributed by atoms with Gasteiger partial charge >= 0.3 is 0 Å². The summed E-state index contributed by atoms with van der Waals surface area (Å²) < 4.78 is 0. The zero-order chi connectivity index (χ0) is 11.3. The van der Waals surface area contributed by atoms with Crippen molar-refractivity contribution in [1.82, 2.24) is 5.32 Å². The Balaban J connectivity index is 2.28. The molecule has 1 aromatic heterocycles. The van der Waals surface area contributed by atoms with Crippen LogP contribution in [-0.2, 0) is 0 Å². The standard InChI is InChI=1S/C11H18N2OS/c1-8(2)4-3-6-13-11(14)10-9(12)5-7-15-10/h5,7-8H,3-4,6,12H2,1-2H3,(H,13,14). The van der Waals surface area contributed by atoms with Gasteiger partial charge in [0.05, 0.1) is 5.69 Å². The first-order valence-corrected chi connectivity index (χ1v) is 6.10. The zero-order valence-electron chi connectivity index (χ0n) is 9.25. The van der Waals surface area contributed by atoms with Gasteiger partial charge in [-0.25, -0.2) is 0 Å². The number of hydrogen-bond acceptors (Lipinski definition) is 3. The van der Waals surface area contributed by atoms with Crippen molar-refractivity contribution in [2.24, 2.45) is 5.92 Å². The van der Waals surface area contributed by atoms with Crippen LogP contribution in [0.3, 0.4) is 0 Å². The van der Waals surface area contributed by atoms with E-state index in [1.165, 1.54) is 11.3 Å². The molecule has 0 saturated heterocycles. The lowest BCUT2D eigenvalue weighted by atomic mass is 10.1. The van der Waals surface area contributed by atoms with Crippen molar-refractivity contribution in [2.75, 3.05) is 12.3 Å². The van der Waals surface area contributed by atoms with Crippen molar-refractivity contribution >= 4 is 22.9 Å². The lowest BCUT2D eigenvalue weighted by molar-refractivity contribution is 0.0957. The molecule has 0 spiro atoms. The molecule has 0 aromatic carbocycles. The van der Waals surface area contributed by atoms with Gasteiger partial charge in [0.15, 0.2) is 0 Å². The number of nitrogen functional groups attached to an aromatic ring is 1. The number of nitrogens with two attached hydrogens (primary N) is 1. The largest absolute Gasteiger partial charge is 0.397 e. The van der Waals surface area contributed by atoms with E-state index in [2.05, 4.69) is 19.2 Å². The summed E-state index contributed by atoms with van der Waals surface area (Å²) in [7, 11) is 0. The third-order valence-electron chi connectivity index (χ3n) is 2.15. The first-order valence-electron chi connectivity index (χ1n) is 5.22. The Morgan fingerprint density at radius 1 is 1.60 bits per heavy atom. The van der Waals surface area contributed by atoms with E-state index in [-0.39, 0.29) is 5.91 Å². The quantitative estimate of drug-likeness (QED) is 0.758. The fourth-order valence-electron chi connectivity index (χ4n) is 1.30. The maximum atomic E-state index is 11.6. The summed E-state index contributed by atoms with van der Waals surface area (Å²) >= 11 is 1.38. The number of thiophene rings is 1. The van der Waals surface area contributed by atoms with E-state index in [9.17, 15) is 4.79 Å². The van der Waals surface area contributed by atoms with Crippen LogP contribution in [0.15, 0.2) is 11.4 Å². The van der Waals surface area contributed by atoms with Crippen molar-refractivity contribution < 1.29 is 4.79 Å². The summed E-state index contributed by atoms with van der Waals surface area (Å²) in [6.45, 7) is 5.09. The Morgan fingerprint density at radius 3 is 2.87 bits per heavy atom. The Hall–Kier alpha value is -1.03. The second-order valence-electron chi connectivity index (χ2n) is 4.00. The van der Waals surface area contributed by atoms with E-state index >= 15 is 0 Å². The number of hydrogen-bond donors (Lipinski definition) is 2. The topological polar surface area (TPSA) is 55.1 Å². The minimum absolute atomic E-state index is 0.0498. The van der Waals surface area contributed by atoms with Gasteiger partial charge in [-0.3, -0.25) is 4.79 Å². The maximum absolute atomic E-state index is 11.6. The van der Waals surface area contributed by atoms with Crippen LogP contribution in [0, 0.1) is 5.92 Å². The molecular formula is C11H18N2OS. The molecule has 1 amide bonds. The Kier molecular flexibility index (Phi) is 4.62. The predicted molar refractivity (Wildman–Crippen MR) is 65.1 cm³/mol. The van der Waals surface area contributed by atoms with Gasteiger partial charge in [-0.05, 0) is 30.2 Å². The smallest absolute Gasteiger partial charge is 0.263 e. The molecule has 1 heterocycles. The average Bonchev–Trinajstić information content (AvgIpc) is 2.58. The molecule has 3 N–H and O–H groups in total. The Bertz CT molecular complexity index is 320. The highest BCUT2D eigenvalue weighted by Crippen LogP contribution is 2.18. The second kappa shape index (κ2) is 5.75. The molecule has 0 bridgehead atoms. The van der Waals surface area contributed by atoms with E-state index < -0.39 is 0 Å². The number of carbonyl (C=O) groups excluding carboxylic acids is 1. The monoisotopic (exact) mass is 226 g/mol. The van der Waals surface area contributed by atoms with Crippen LogP contribution in [-0.4, -0.2) is 12.5 Å². The van der Waals surface area contributed by atoms with Gasteiger partial charge in [-0.1, -0.05) is 13.8 Å². The van der Waals surface area contributed by atoms with E-state index in [0.717, 1.165) is 19.4 Å². The molecule has 0 atom stereocenters. The van der Waals surface area contributed by atoms with Crippen LogP contribution >= 0.6 is 11.3 Å². The van der Waals surface area contributed by atoms with E-state index in [1.54, 1.807) is 6.07 Å². The predicted octanol–water partition coefficient (Wildman–Crippen LogP) is 2.50. The number of carbonyl (C=O) groups is 1. The Labute approximate surface area is 94.7 Å². The van der Waals surface area contributed by atoms with Crippen LogP contribution in [0.2, 0.25) is 0 Å². The molecule has 0 aliphatic carbocycles. The van der Waals surface area contributed by atoms with Crippen LogP contribution in [0.5, 0.6) is 0 Å². The molecular weight excluding hydrogens is 208 g/mol. The van der Waals surface area contributed by atoms with Gasteiger partial charge in [0, 0.05) is 6.54 Å². The summed E-state index contributed by atoms with van der Waals surface area (Å²) in [6.07, 6.45) is 2.16. The lowest BCUT2D eigenvalue weighted by Crippen LogP contribution is -2.24. The molecule has 0 aliphatic rings. The molecule has 4 heteroatoms. The lowest BCUT2D eigenvalue weighted by Gasteiger charge is -2.06. The summed E-state index contributed by atoms with van der Waals surface area (Å²) in [6, 6.07) is 1.76. The molecule has 0 unspecified atom stereocenters. The summed E-state index contributed by atoms with van der Waals surface area (Å²) in [5.74, 6) is 0.639. The molecule has 0 radical (unpaired) electrons. The molecule has 1 aromatic rings. The van der Waals surface area contributed by atoms with Crippen molar-refractivity contribution in [3.63, 3.8) is 0 Å². The zero-order valence-corrected chi connectivity index (χ0v) is 10.1. The SMILES string of the molecule is CC(C)CCCNC(=O)c1sccc1N. The molecule has 0 fully saturated rings. The molecule has 0 aliphatic heterocycles. The number of nitrogens with one attached hydrogen (secondary N) is 1. The maximum Gasteiger partial charge on any atom is 0.263 e. The van der Waals surface area contributed by atoms with Gasteiger partial charge in [0.1, 0.15) is 4.88 Å². The van der Waals surface area contributed by atoms with Crippen LogP contribution < -0.4 is 11.1 Å². The van der Waals surface area contributed by atoms with Crippen LogP contribution in [0.4, 0.5) is 5.69 Å². The van der Waals surface area contributed by atoms with Gasteiger partial charge in [0.25, 0.3) is 5.91 Å². The fourth-order valence-corrected chi connectivity index (χ4v) is 2.03. The van der Waals surface area contributed by atoms with E-state index in [1.807, 2.05) is 5.38 Å². The molecule has 0 saturated carbocycles. The third-order valence-corrected chi connectivity index (χ3v) is 3.07. The van der Waals surface area contributed by atoms with Crippen molar-refractivity contribution in [3.8, 4) is 0 Å². The number of amides is 1. The Morgan fingerprint density at radius 2 is 2.33 bits per heavy atom. The van der Waals surface area contributed by atoms with Gasteiger partial charge in [-0.15, -0.1) is 11.3 Å². The van der Waals surface area contributed by atoms with Gasteiger partial charge in [0.2, 0.25) is 0 Å². The minimum Gasteiger partial charge on any atom is -0.397 e. The van der Waals surface area contributed by atoms with Crippen LogP contribution in [0.25, 0.3) is 0 Å². The van der Waals surface area contributed by atoms with Gasteiger partial charge < -0.3 is 11.1 Å². The third kappa shape index (κ3) is 3.91. The fraction of sp³-hybridized carbons (Fsp3) is 0.545. The van der Waals surface area contributed by atoms with Crippen molar-refractivity contribution in [2.45, 2.75) is 26.7 Å². The first kappa shape index (κ1) is 12.0. The molecule has 1 rings (SSSR count). The molecule has 3 nitrogen and oxygen atoms in total. The molecule has 84 valence electrons. The van der Waals surface area contributed by atoms with E-state index in [4.69, 9.17) is 5.73 Å². The second-order valence-corrected chi connectivity index (χ2v) is 4.91. The molecule has 15 heavy (non-hydrogen) atoms. The summed E-state index contributed by atoms with van der Waals surface area (Å²) in [5.41, 5.74) is 6.21. The van der Waals surface area contributed by atoms with Crippen LogP contribution in [0.1, 0.15) is 36.4 Å². The van der Waals surface area contributed by atoms with Gasteiger partial charge in [-0.2, -0.15) is 0 Å².